The van der Waals surface area contributed by atoms with Gasteiger partial charge < -0.3 is 5.32 Å². The Morgan fingerprint density at radius 1 is 1.06 bits per heavy atom. The maximum absolute atomic E-state index is 13.2. The fraction of sp³-hybridized carbons (Fsp3) is 0.125. The summed E-state index contributed by atoms with van der Waals surface area (Å²) in [5.41, 5.74) is 3.19. The van der Waals surface area contributed by atoms with Crippen molar-refractivity contribution >= 4 is 40.2 Å². The molecule has 0 aliphatic heterocycles. The molecule has 0 fully saturated rings. The number of amides is 1. The molecule has 7 heteroatoms. The Morgan fingerprint density at radius 3 is 2.61 bits per heavy atom. The summed E-state index contributed by atoms with van der Waals surface area (Å²) < 4.78 is 1.57. The van der Waals surface area contributed by atoms with E-state index in [1.165, 1.54) is 11.8 Å². The van der Waals surface area contributed by atoms with Crippen LogP contribution in [0, 0.1) is 6.92 Å². The van der Waals surface area contributed by atoms with Crippen molar-refractivity contribution in [3.05, 3.63) is 99.3 Å². The second-order valence-corrected chi connectivity index (χ2v) is 8.46. The van der Waals surface area contributed by atoms with Gasteiger partial charge in [-0.25, -0.2) is 4.98 Å². The highest BCUT2D eigenvalue weighted by Gasteiger charge is 2.14. The number of thioether (sulfide) groups is 1. The molecule has 0 atom stereocenters. The SMILES string of the molecule is Cc1ccc(-n2c(SCC(=O)NCc3cccc(Cl)c3)nc3ccccc3c2=O)cc1. The van der Waals surface area contributed by atoms with Gasteiger partial charge in [0.05, 0.1) is 22.3 Å². The Hall–Kier alpha value is -3.09. The molecule has 1 aromatic heterocycles. The van der Waals surface area contributed by atoms with Crippen LogP contribution in [0.2, 0.25) is 5.02 Å². The van der Waals surface area contributed by atoms with Crippen LogP contribution >= 0.6 is 23.4 Å². The summed E-state index contributed by atoms with van der Waals surface area (Å²) in [4.78, 5) is 30.3. The van der Waals surface area contributed by atoms with Crippen LogP contribution in [-0.4, -0.2) is 21.2 Å². The highest BCUT2D eigenvalue weighted by Crippen LogP contribution is 2.21. The first-order chi connectivity index (χ1) is 15.0. The van der Waals surface area contributed by atoms with Crippen LogP contribution in [0.3, 0.4) is 0 Å². The summed E-state index contributed by atoms with van der Waals surface area (Å²) in [5, 5.41) is 4.53. The molecule has 4 rings (SSSR count). The molecular formula is C24H20ClN3O2S. The van der Waals surface area contributed by atoms with E-state index in [9.17, 15) is 9.59 Å². The maximum Gasteiger partial charge on any atom is 0.266 e. The molecule has 0 radical (unpaired) electrons. The van der Waals surface area contributed by atoms with E-state index < -0.39 is 0 Å². The summed E-state index contributed by atoms with van der Waals surface area (Å²) in [5.74, 6) is -0.0140. The molecule has 4 aromatic rings. The number of carbonyl (C=O) groups excluding carboxylic acids is 1. The van der Waals surface area contributed by atoms with E-state index in [1.54, 1.807) is 22.8 Å². The van der Waals surface area contributed by atoms with Crippen molar-refractivity contribution in [2.75, 3.05) is 5.75 Å². The fourth-order valence-corrected chi connectivity index (χ4v) is 4.21. The van der Waals surface area contributed by atoms with Gasteiger partial charge in [-0.3, -0.25) is 14.2 Å². The average molecular weight is 450 g/mol. The van der Waals surface area contributed by atoms with Crippen LogP contribution in [-0.2, 0) is 11.3 Å². The van der Waals surface area contributed by atoms with E-state index >= 15 is 0 Å². The van der Waals surface area contributed by atoms with E-state index in [2.05, 4.69) is 10.3 Å². The zero-order chi connectivity index (χ0) is 21.8. The third kappa shape index (κ3) is 4.98. The number of halogens is 1. The van der Waals surface area contributed by atoms with E-state index in [-0.39, 0.29) is 17.2 Å². The molecule has 0 saturated heterocycles. The van der Waals surface area contributed by atoms with Crippen molar-refractivity contribution in [1.82, 2.24) is 14.9 Å². The average Bonchev–Trinajstić information content (AvgIpc) is 2.77. The lowest BCUT2D eigenvalue weighted by molar-refractivity contribution is -0.118. The van der Waals surface area contributed by atoms with Crippen molar-refractivity contribution in [3.63, 3.8) is 0 Å². The number of hydrogen-bond acceptors (Lipinski definition) is 4. The van der Waals surface area contributed by atoms with Crippen molar-refractivity contribution < 1.29 is 4.79 Å². The number of nitrogens with one attached hydrogen (secondary N) is 1. The molecule has 156 valence electrons. The van der Waals surface area contributed by atoms with Crippen LogP contribution in [0.1, 0.15) is 11.1 Å². The summed E-state index contributed by atoms with van der Waals surface area (Å²) in [7, 11) is 0. The van der Waals surface area contributed by atoms with E-state index in [0.29, 0.717) is 27.6 Å². The van der Waals surface area contributed by atoms with Gasteiger partial charge in [-0.15, -0.1) is 0 Å². The van der Waals surface area contributed by atoms with Crippen LogP contribution < -0.4 is 10.9 Å². The van der Waals surface area contributed by atoms with E-state index in [0.717, 1.165) is 16.8 Å². The predicted molar refractivity (Wildman–Crippen MR) is 126 cm³/mol. The third-order valence-corrected chi connectivity index (χ3v) is 5.92. The minimum atomic E-state index is -0.156. The van der Waals surface area contributed by atoms with Crippen LogP contribution in [0.25, 0.3) is 16.6 Å². The van der Waals surface area contributed by atoms with Crippen molar-refractivity contribution in [3.8, 4) is 5.69 Å². The van der Waals surface area contributed by atoms with Gasteiger partial charge in [0.15, 0.2) is 5.16 Å². The molecule has 1 N–H and O–H groups in total. The van der Waals surface area contributed by atoms with Crippen LogP contribution in [0.15, 0.2) is 82.7 Å². The first-order valence-electron chi connectivity index (χ1n) is 9.74. The summed E-state index contributed by atoms with van der Waals surface area (Å²) in [6.07, 6.45) is 0. The van der Waals surface area contributed by atoms with E-state index in [1.807, 2.05) is 61.5 Å². The number of carbonyl (C=O) groups is 1. The smallest absolute Gasteiger partial charge is 0.266 e. The Labute approximate surface area is 189 Å². The Balaban J connectivity index is 1.59. The maximum atomic E-state index is 13.2. The van der Waals surface area contributed by atoms with Crippen LogP contribution in [0.4, 0.5) is 0 Å². The summed E-state index contributed by atoms with van der Waals surface area (Å²) in [6.45, 7) is 2.38. The lowest BCUT2D eigenvalue weighted by Gasteiger charge is -2.13. The molecule has 31 heavy (non-hydrogen) atoms. The highest BCUT2D eigenvalue weighted by molar-refractivity contribution is 7.99. The summed E-state index contributed by atoms with van der Waals surface area (Å²) in [6, 6.07) is 22.3. The van der Waals surface area contributed by atoms with Crippen molar-refractivity contribution in [2.45, 2.75) is 18.6 Å². The number of hydrogen-bond donors (Lipinski definition) is 1. The lowest BCUT2D eigenvalue weighted by Crippen LogP contribution is -2.26. The molecule has 0 spiro atoms. The molecule has 1 heterocycles. The van der Waals surface area contributed by atoms with E-state index in [4.69, 9.17) is 11.6 Å². The standard InChI is InChI=1S/C24H20ClN3O2S/c1-16-9-11-19(12-10-16)28-23(30)20-7-2-3-8-21(20)27-24(28)31-15-22(29)26-14-17-5-4-6-18(25)13-17/h2-13H,14-15H2,1H3,(H,26,29). The second kappa shape index (κ2) is 9.37. The van der Waals surface area contributed by atoms with Gasteiger partial charge in [0.1, 0.15) is 0 Å². The first kappa shape index (κ1) is 21.2. The lowest BCUT2D eigenvalue weighted by atomic mass is 10.2. The van der Waals surface area contributed by atoms with Gasteiger partial charge in [-0.2, -0.15) is 0 Å². The monoisotopic (exact) mass is 449 g/mol. The number of para-hydroxylation sites is 1. The van der Waals surface area contributed by atoms with Gasteiger partial charge in [0.2, 0.25) is 5.91 Å². The van der Waals surface area contributed by atoms with Gasteiger partial charge in [-0.05, 0) is 48.9 Å². The molecule has 0 aliphatic rings. The van der Waals surface area contributed by atoms with Gasteiger partial charge in [-0.1, -0.05) is 65.3 Å². The molecule has 3 aromatic carbocycles. The number of aromatic nitrogens is 2. The molecule has 0 bridgehead atoms. The Bertz CT molecular complexity index is 1300. The normalized spacial score (nSPS) is 10.9. The quantitative estimate of drug-likeness (QED) is 0.340. The van der Waals surface area contributed by atoms with Gasteiger partial charge in [0, 0.05) is 11.6 Å². The Kier molecular flexibility index (Phi) is 6.39. The molecule has 0 aliphatic carbocycles. The van der Waals surface area contributed by atoms with Crippen molar-refractivity contribution in [1.29, 1.82) is 0 Å². The highest BCUT2D eigenvalue weighted by atomic mass is 35.5. The molecule has 5 nitrogen and oxygen atoms in total. The van der Waals surface area contributed by atoms with Crippen LogP contribution in [0.5, 0.6) is 0 Å². The number of benzene rings is 3. The fourth-order valence-electron chi connectivity index (χ4n) is 3.16. The third-order valence-electron chi connectivity index (χ3n) is 4.75. The minimum absolute atomic E-state index is 0.136. The van der Waals surface area contributed by atoms with Gasteiger partial charge >= 0.3 is 0 Å². The van der Waals surface area contributed by atoms with Gasteiger partial charge in [0.25, 0.3) is 5.56 Å². The molecule has 1 amide bonds. The molecule has 0 saturated carbocycles. The number of nitrogens with zero attached hydrogens (tertiary/aromatic N) is 2. The number of rotatable bonds is 6. The molecular weight excluding hydrogens is 430 g/mol. The first-order valence-corrected chi connectivity index (χ1v) is 11.1. The minimum Gasteiger partial charge on any atom is -0.351 e. The topological polar surface area (TPSA) is 64.0 Å². The predicted octanol–water partition coefficient (Wildman–Crippen LogP) is 4.76. The number of aryl methyl sites for hydroxylation is 1. The van der Waals surface area contributed by atoms with Crippen molar-refractivity contribution in [2.24, 2.45) is 0 Å². The largest absolute Gasteiger partial charge is 0.351 e. The number of fused-ring (bicyclic) bond motifs is 1. The zero-order valence-electron chi connectivity index (χ0n) is 16.8. The Morgan fingerprint density at radius 2 is 1.84 bits per heavy atom. The zero-order valence-corrected chi connectivity index (χ0v) is 18.4. The molecule has 0 unspecified atom stereocenters. The second-order valence-electron chi connectivity index (χ2n) is 7.08. The summed E-state index contributed by atoms with van der Waals surface area (Å²) >= 11 is 7.23.